The van der Waals surface area contributed by atoms with Crippen molar-refractivity contribution in [1.29, 1.82) is 0 Å². The summed E-state index contributed by atoms with van der Waals surface area (Å²) in [5.74, 6) is -0.315. The van der Waals surface area contributed by atoms with E-state index >= 15 is 0 Å². The van der Waals surface area contributed by atoms with Gasteiger partial charge in [-0.1, -0.05) is 11.6 Å². The molecule has 1 fully saturated rings. The average molecular weight is 343 g/mol. The van der Waals surface area contributed by atoms with Gasteiger partial charge in [0, 0.05) is 12.7 Å². The molecule has 1 N–H and O–H groups in total. The van der Waals surface area contributed by atoms with Crippen LogP contribution in [0.1, 0.15) is 6.92 Å². The predicted molar refractivity (Wildman–Crippen MR) is 82.5 cm³/mol. The molecule has 0 amide bonds. The molecule has 2 aromatic heterocycles. The third kappa shape index (κ3) is 3.15. The minimum absolute atomic E-state index is 0.0125. The number of fused-ring (bicyclic) bond motifs is 1. The van der Waals surface area contributed by atoms with E-state index in [2.05, 4.69) is 15.0 Å². The summed E-state index contributed by atoms with van der Waals surface area (Å²) >= 11 is 5.73. The Labute approximate surface area is 137 Å². The molecule has 2 aromatic rings. The Morgan fingerprint density at radius 1 is 1.48 bits per heavy atom. The van der Waals surface area contributed by atoms with Crippen LogP contribution in [0.4, 0.5) is 10.2 Å². The maximum absolute atomic E-state index is 14.3. The van der Waals surface area contributed by atoms with E-state index < -0.39 is 11.4 Å². The van der Waals surface area contributed by atoms with Crippen molar-refractivity contribution in [2.45, 2.75) is 12.5 Å². The molecule has 23 heavy (non-hydrogen) atoms. The van der Waals surface area contributed by atoms with E-state index in [1.165, 1.54) is 13.3 Å². The molecule has 0 spiro atoms. The van der Waals surface area contributed by atoms with Crippen molar-refractivity contribution < 1.29 is 19.0 Å². The summed E-state index contributed by atoms with van der Waals surface area (Å²) in [4.78, 5) is 13.9. The van der Waals surface area contributed by atoms with Gasteiger partial charge >= 0.3 is 6.01 Å². The fourth-order valence-electron chi connectivity index (χ4n) is 2.52. The van der Waals surface area contributed by atoms with E-state index in [1.807, 2.05) is 0 Å². The van der Waals surface area contributed by atoms with Crippen LogP contribution < -0.4 is 9.64 Å². The smallest absolute Gasteiger partial charge is 0.318 e. The molecule has 0 aromatic carbocycles. The molecular formula is C14H16ClFN4O3. The number of aliphatic hydroxyl groups is 1. The lowest BCUT2D eigenvalue weighted by Gasteiger charge is -2.28. The molecule has 1 aliphatic rings. The van der Waals surface area contributed by atoms with Crippen LogP contribution in [0.25, 0.3) is 10.9 Å². The van der Waals surface area contributed by atoms with E-state index in [4.69, 9.17) is 21.1 Å². The quantitative estimate of drug-likeness (QED) is 0.826. The van der Waals surface area contributed by atoms with Gasteiger partial charge in [0.15, 0.2) is 11.0 Å². The van der Waals surface area contributed by atoms with Crippen LogP contribution in [0.15, 0.2) is 6.20 Å². The molecule has 0 radical (unpaired) electrons. The Morgan fingerprint density at radius 3 is 3.00 bits per heavy atom. The molecule has 1 atom stereocenters. The molecule has 9 heteroatoms. The van der Waals surface area contributed by atoms with Crippen LogP contribution in [0.3, 0.4) is 0 Å². The monoisotopic (exact) mass is 342 g/mol. The number of rotatable bonds is 2. The van der Waals surface area contributed by atoms with E-state index in [1.54, 1.807) is 11.8 Å². The standard InChI is InChI=1S/C14H16ClFN4O3/c1-14(21)6-20(3-4-23-7-14)12-8-5-17-11(15)9(16)10(8)18-13(19-12)22-2/h5,21H,3-4,6-7H2,1-2H3. The Morgan fingerprint density at radius 2 is 2.26 bits per heavy atom. The minimum Gasteiger partial charge on any atom is -0.467 e. The number of aromatic nitrogens is 3. The Kier molecular flexibility index (Phi) is 4.22. The first-order chi connectivity index (χ1) is 10.9. The number of hydrogen-bond donors (Lipinski definition) is 1. The highest BCUT2D eigenvalue weighted by atomic mass is 35.5. The first kappa shape index (κ1) is 16.1. The molecule has 124 valence electrons. The molecule has 0 saturated carbocycles. The Bertz CT molecular complexity index is 744. The molecule has 3 rings (SSSR count). The third-order valence-corrected chi connectivity index (χ3v) is 3.80. The van der Waals surface area contributed by atoms with Crippen LogP contribution in [-0.2, 0) is 4.74 Å². The lowest BCUT2D eigenvalue weighted by molar-refractivity contribution is -0.0123. The number of ether oxygens (including phenoxy) is 2. The summed E-state index contributed by atoms with van der Waals surface area (Å²) in [6.45, 7) is 3.04. The highest BCUT2D eigenvalue weighted by Gasteiger charge is 2.30. The summed E-state index contributed by atoms with van der Waals surface area (Å²) in [7, 11) is 1.40. The summed E-state index contributed by atoms with van der Waals surface area (Å²) in [6.07, 6.45) is 1.41. The van der Waals surface area contributed by atoms with Crippen LogP contribution in [0, 0.1) is 5.82 Å². The summed E-state index contributed by atoms with van der Waals surface area (Å²) in [5, 5.41) is 10.5. The van der Waals surface area contributed by atoms with E-state index in [9.17, 15) is 9.50 Å². The van der Waals surface area contributed by atoms with Crippen molar-refractivity contribution in [3.05, 3.63) is 17.2 Å². The van der Waals surface area contributed by atoms with Crippen molar-refractivity contribution >= 4 is 28.3 Å². The van der Waals surface area contributed by atoms with Gasteiger partial charge in [-0.25, -0.2) is 9.37 Å². The van der Waals surface area contributed by atoms with Gasteiger partial charge in [-0.2, -0.15) is 9.97 Å². The number of β-amino-alcohol motifs (C(OH)–C–C–N with tert-alkyl or cyclic N) is 1. The third-order valence-electron chi connectivity index (χ3n) is 3.53. The highest BCUT2D eigenvalue weighted by Crippen LogP contribution is 2.30. The van der Waals surface area contributed by atoms with E-state index in [0.29, 0.717) is 24.4 Å². The number of pyridine rings is 1. The van der Waals surface area contributed by atoms with Gasteiger partial charge in [0.1, 0.15) is 16.9 Å². The Balaban J connectivity index is 2.17. The van der Waals surface area contributed by atoms with E-state index in [0.717, 1.165) is 0 Å². The molecule has 0 bridgehead atoms. The van der Waals surface area contributed by atoms with Gasteiger partial charge in [0.25, 0.3) is 0 Å². The number of hydrogen-bond acceptors (Lipinski definition) is 7. The average Bonchev–Trinajstić information content (AvgIpc) is 2.70. The molecule has 7 nitrogen and oxygen atoms in total. The maximum Gasteiger partial charge on any atom is 0.318 e. The van der Waals surface area contributed by atoms with Crippen molar-refractivity contribution in [3.8, 4) is 6.01 Å². The lowest BCUT2D eigenvalue weighted by atomic mass is 10.1. The predicted octanol–water partition coefficient (Wildman–Crippen LogP) is 1.41. The fourth-order valence-corrected chi connectivity index (χ4v) is 2.65. The number of anilines is 1. The first-order valence-corrected chi connectivity index (χ1v) is 7.40. The molecule has 1 aliphatic heterocycles. The van der Waals surface area contributed by atoms with Crippen LogP contribution >= 0.6 is 11.6 Å². The zero-order valence-corrected chi connectivity index (χ0v) is 13.5. The summed E-state index contributed by atoms with van der Waals surface area (Å²) in [6, 6.07) is 0.0125. The normalized spacial score (nSPS) is 22.2. The highest BCUT2D eigenvalue weighted by molar-refractivity contribution is 6.30. The summed E-state index contributed by atoms with van der Waals surface area (Å²) < 4.78 is 24.7. The molecule has 1 saturated heterocycles. The topological polar surface area (TPSA) is 80.6 Å². The van der Waals surface area contributed by atoms with Gasteiger partial charge in [0.2, 0.25) is 0 Å². The minimum atomic E-state index is -1.06. The lowest BCUT2D eigenvalue weighted by Crippen LogP contribution is -2.42. The van der Waals surface area contributed by atoms with Crippen molar-refractivity contribution in [2.75, 3.05) is 38.3 Å². The SMILES string of the molecule is COc1nc(N2CCOCC(C)(O)C2)c2cnc(Cl)c(F)c2n1. The number of halogens is 2. The Hall–Kier alpha value is -1.77. The van der Waals surface area contributed by atoms with Crippen molar-refractivity contribution in [1.82, 2.24) is 15.0 Å². The van der Waals surface area contributed by atoms with Crippen molar-refractivity contribution in [2.24, 2.45) is 0 Å². The van der Waals surface area contributed by atoms with Crippen LogP contribution in [0.2, 0.25) is 5.15 Å². The molecule has 1 unspecified atom stereocenters. The van der Waals surface area contributed by atoms with Gasteiger partial charge in [0.05, 0.1) is 32.3 Å². The maximum atomic E-state index is 14.3. The van der Waals surface area contributed by atoms with Crippen molar-refractivity contribution in [3.63, 3.8) is 0 Å². The first-order valence-electron chi connectivity index (χ1n) is 7.02. The second-order valence-corrected chi connectivity index (χ2v) is 5.99. The van der Waals surface area contributed by atoms with Gasteiger partial charge in [-0.05, 0) is 6.92 Å². The largest absolute Gasteiger partial charge is 0.467 e. The van der Waals surface area contributed by atoms with Gasteiger partial charge in [-0.15, -0.1) is 0 Å². The molecule has 3 heterocycles. The fraction of sp³-hybridized carbons (Fsp3) is 0.500. The molecular weight excluding hydrogens is 327 g/mol. The number of methoxy groups -OCH3 is 1. The van der Waals surface area contributed by atoms with E-state index in [-0.39, 0.29) is 29.8 Å². The zero-order chi connectivity index (χ0) is 16.6. The zero-order valence-electron chi connectivity index (χ0n) is 12.7. The second kappa shape index (κ2) is 6.03. The van der Waals surface area contributed by atoms with Gasteiger partial charge < -0.3 is 19.5 Å². The second-order valence-electron chi connectivity index (χ2n) is 5.63. The molecule has 0 aliphatic carbocycles. The van der Waals surface area contributed by atoms with Crippen LogP contribution in [-0.4, -0.2) is 59.1 Å². The summed E-state index contributed by atoms with van der Waals surface area (Å²) in [5.41, 5.74) is -1.03. The number of nitrogens with zero attached hydrogens (tertiary/aromatic N) is 4. The van der Waals surface area contributed by atoms with Crippen LogP contribution in [0.5, 0.6) is 6.01 Å². The van der Waals surface area contributed by atoms with Gasteiger partial charge in [-0.3, -0.25) is 0 Å².